The standard InChI is InChI=1S/C9H10N2O4/c1-5-6(2)11-15-9(5)10-7(12)3-4-8(13)14/h3-4H,1-2H3,(H,10,12)(H,13,14)/b4-3+. The lowest BCUT2D eigenvalue weighted by Crippen LogP contribution is -2.08. The van der Waals surface area contributed by atoms with Crippen LogP contribution in [0.15, 0.2) is 16.7 Å². The first-order valence-corrected chi connectivity index (χ1v) is 4.15. The molecule has 0 saturated carbocycles. The van der Waals surface area contributed by atoms with Crippen molar-refractivity contribution in [3.8, 4) is 0 Å². The molecule has 6 nitrogen and oxygen atoms in total. The topological polar surface area (TPSA) is 92.4 Å². The fraction of sp³-hybridized carbons (Fsp3) is 0.222. The summed E-state index contributed by atoms with van der Waals surface area (Å²) in [6, 6.07) is 0. The Morgan fingerprint density at radius 3 is 2.53 bits per heavy atom. The van der Waals surface area contributed by atoms with Crippen molar-refractivity contribution >= 4 is 17.8 Å². The van der Waals surface area contributed by atoms with Gasteiger partial charge in [-0.2, -0.15) is 0 Å². The van der Waals surface area contributed by atoms with Crippen molar-refractivity contribution in [1.29, 1.82) is 0 Å². The van der Waals surface area contributed by atoms with Crippen LogP contribution in [0.3, 0.4) is 0 Å². The fourth-order valence-electron chi connectivity index (χ4n) is 0.832. The highest BCUT2D eigenvalue weighted by molar-refractivity contribution is 6.01. The lowest BCUT2D eigenvalue weighted by molar-refractivity contribution is -0.131. The molecular formula is C9H10N2O4. The lowest BCUT2D eigenvalue weighted by atomic mass is 10.3. The zero-order valence-electron chi connectivity index (χ0n) is 8.27. The second-order valence-corrected chi connectivity index (χ2v) is 2.88. The number of aryl methyl sites for hydroxylation is 1. The van der Waals surface area contributed by atoms with Gasteiger partial charge in [-0.15, -0.1) is 0 Å². The quantitative estimate of drug-likeness (QED) is 0.722. The first-order chi connectivity index (χ1) is 7.00. The molecule has 0 aliphatic rings. The zero-order valence-corrected chi connectivity index (χ0v) is 8.27. The van der Waals surface area contributed by atoms with Crippen LogP contribution in [0, 0.1) is 13.8 Å². The first kappa shape index (κ1) is 11.0. The zero-order chi connectivity index (χ0) is 11.4. The third-order valence-electron chi connectivity index (χ3n) is 1.77. The highest BCUT2D eigenvalue weighted by Crippen LogP contribution is 2.16. The number of carbonyl (C=O) groups excluding carboxylic acids is 1. The van der Waals surface area contributed by atoms with Crippen molar-refractivity contribution in [3.63, 3.8) is 0 Å². The van der Waals surface area contributed by atoms with Gasteiger partial charge in [-0.05, 0) is 13.8 Å². The Balaban J connectivity index is 2.67. The number of aromatic nitrogens is 1. The molecule has 80 valence electrons. The smallest absolute Gasteiger partial charge is 0.328 e. The summed E-state index contributed by atoms with van der Waals surface area (Å²) in [7, 11) is 0. The van der Waals surface area contributed by atoms with Crippen LogP contribution in [0.1, 0.15) is 11.3 Å². The fourth-order valence-corrected chi connectivity index (χ4v) is 0.832. The van der Waals surface area contributed by atoms with Crippen LogP contribution >= 0.6 is 0 Å². The van der Waals surface area contributed by atoms with E-state index in [-0.39, 0.29) is 5.88 Å². The van der Waals surface area contributed by atoms with E-state index < -0.39 is 11.9 Å². The maximum absolute atomic E-state index is 11.1. The van der Waals surface area contributed by atoms with E-state index >= 15 is 0 Å². The van der Waals surface area contributed by atoms with Gasteiger partial charge in [-0.1, -0.05) is 5.16 Å². The van der Waals surface area contributed by atoms with E-state index in [4.69, 9.17) is 9.63 Å². The van der Waals surface area contributed by atoms with Crippen molar-refractivity contribution in [3.05, 3.63) is 23.4 Å². The molecule has 15 heavy (non-hydrogen) atoms. The van der Waals surface area contributed by atoms with E-state index in [1.165, 1.54) is 0 Å². The summed E-state index contributed by atoms with van der Waals surface area (Å²) in [6.45, 7) is 3.48. The van der Waals surface area contributed by atoms with Gasteiger partial charge in [0.05, 0.1) is 5.69 Å². The van der Waals surface area contributed by atoms with Gasteiger partial charge in [-0.3, -0.25) is 10.1 Å². The molecule has 0 aliphatic carbocycles. The number of carboxylic acid groups (broad SMARTS) is 1. The molecule has 0 aliphatic heterocycles. The van der Waals surface area contributed by atoms with Gasteiger partial charge in [0, 0.05) is 17.7 Å². The van der Waals surface area contributed by atoms with Crippen LogP contribution in [0.4, 0.5) is 5.88 Å². The Kier molecular flexibility index (Phi) is 3.22. The van der Waals surface area contributed by atoms with Crippen molar-refractivity contribution in [2.75, 3.05) is 5.32 Å². The summed E-state index contributed by atoms with van der Waals surface area (Å²) in [5, 5.41) is 14.3. The highest BCUT2D eigenvalue weighted by atomic mass is 16.5. The van der Waals surface area contributed by atoms with Gasteiger partial charge in [-0.25, -0.2) is 4.79 Å². The molecule has 0 bridgehead atoms. The average Bonchev–Trinajstić information content (AvgIpc) is 2.47. The summed E-state index contributed by atoms with van der Waals surface area (Å²) < 4.78 is 4.81. The highest BCUT2D eigenvalue weighted by Gasteiger charge is 2.09. The minimum absolute atomic E-state index is 0.229. The SMILES string of the molecule is Cc1noc(NC(=O)/C=C/C(=O)O)c1C. The maximum Gasteiger partial charge on any atom is 0.328 e. The van der Waals surface area contributed by atoms with Gasteiger partial charge in [0.2, 0.25) is 5.88 Å². The normalized spacial score (nSPS) is 10.5. The van der Waals surface area contributed by atoms with Crippen molar-refractivity contribution in [2.24, 2.45) is 0 Å². The first-order valence-electron chi connectivity index (χ1n) is 4.15. The van der Waals surface area contributed by atoms with Crippen LogP contribution in [0.25, 0.3) is 0 Å². The van der Waals surface area contributed by atoms with Gasteiger partial charge in [0.25, 0.3) is 5.91 Å². The number of hydrogen-bond donors (Lipinski definition) is 2. The number of nitrogens with one attached hydrogen (secondary N) is 1. The van der Waals surface area contributed by atoms with Crippen molar-refractivity contribution < 1.29 is 19.2 Å². The molecule has 0 spiro atoms. The van der Waals surface area contributed by atoms with E-state index in [0.29, 0.717) is 11.3 Å². The molecule has 1 aromatic heterocycles. The Morgan fingerprint density at radius 2 is 2.07 bits per heavy atom. The molecular weight excluding hydrogens is 200 g/mol. The second kappa shape index (κ2) is 4.41. The molecule has 0 radical (unpaired) electrons. The number of rotatable bonds is 3. The Hall–Kier alpha value is -2.11. The largest absolute Gasteiger partial charge is 0.478 e. The van der Waals surface area contributed by atoms with Crippen LogP contribution in [-0.2, 0) is 9.59 Å². The average molecular weight is 210 g/mol. The number of carbonyl (C=O) groups is 2. The molecule has 6 heteroatoms. The second-order valence-electron chi connectivity index (χ2n) is 2.88. The number of nitrogens with zero attached hydrogens (tertiary/aromatic N) is 1. The summed E-state index contributed by atoms with van der Waals surface area (Å²) in [4.78, 5) is 21.3. The maximum atomic E-state index is 11.1. The molecule has 1 heterocycles. The molecule has 1 rings (SSSR count). The minimum atomic E-state index is -1.18. The van der Waals surface area contributed by atoms with Gasteiger partial charge in [0.1, 0.15) is 0 Å². The number of amides is 1. The molecule has 1 aromatic rings. The van der Waals surface area contributed by atoms with Crippen LogP contribution in [0.2, 0.25) is 0 Å². The molecule has 1 amide bonds. The van der Waals surface area contributed by atoms with E-state index in [0.717, 1.165) is 12.2 Å². The predicted molar refractivity (Wildman–Crippen MR) is 51.4 cm³/mol. The monoisotopic (exact) mass is 210 g/mol. The lowest BCUT2D eigenvalue weighted by Gasteiger charge is -1.96. The number of carboxylic acids is 1. The van der Waals surface area contributed by atoms with E-state index in [1.807, 2.05) is 0 Å². The third kappa shape index (κ3) is 2.94. The van der Waals surface area contributed by atoms with E-state index in [9.17, 15) is 9.59 Å². The molecule has 0 fully saturated rings. The third-order valence-corrected chi connectivity index (χ3v) is 1.77. The molecule has 0 aromatic carbocycles. The Morgan fingerprint density at radius 1 is 1.40 bits per heavy atom. The number of hydrogen-bond acceptors (Lipinski definition) is 4. The molecule has 0 saturated heterocycles. The summed E-state index contributed by atoms with van der Waals surface area (Å²) in [6.07, 6.45) is 1.65. The minimum Gasteiger partial charge on any atom is -0.478 e. The van der Waals surface area contributed by atoms with Crippen LogP contribution < -0.4 is 5.32 Å². The van der Waals surface area contributed by atoms with Crippen molar-refractivity contribution in [2.45, 2.75) is 13.8 Å². The number of anilines is 1. The Bertz CT molecular complexity index is 420. The predicted octanol–water partition coefficient (Wildman–Crippen LogP) is 0.871. The van der Waals surface area contributed by atoms with Gasteiger partial charge < -0.3 is 9.63 Å². The van der Waals surface area contributed by atoms with E-state index in [2.05, 4.69) is 10.5 Å². The molecule has 2 N–H and O–H groups in total. The molecule has 0 unspecified atom stereocenters. The van der Waals surface area contributed by atoms with Gasteiger partial charge in [0.15, 0.2) is 0 Å². The summed E-state index contributed by atoms with van der Waals surface area (Å²) >= 11 is 0. The van der Waals surface area contributed by atoms with E-state index in [1.54, 1.807) is 13.8 Å². The molecule has 0 atom stereocenters. The van der Waals surface area contributed by atoms with Crippen LogP contribution in [0.5, 0.6) is 0 Å². The van der Waals surface area contributed by atoms with Gasteiger partial charge >= 0.3 is 5.97 Å². The number of aliphatic carboxylic acids is 1. The van der Waals surface area contributed by atoms with Crippen molar-refractivity contribution in [1.82, 2.24) is 5.16 Å². The summed E-state index contributed by atoms with van der Waals surface area (Å²) in [5.41, 5.74) is 1.39. The Labute approximate surface area is 85.6 Å². The summed E-state index contributed by atoms with van der Waals surface area (Å²) in [5.74, 6) is -1.53. The van der Waals surface area contributed by atoms with Crippen LogP contribution in [-0.4, -0.2) is 22.1 Å².